The van der Waals surface area contributed by atoms with Gasteiger partial charge in [-0.15, -0.1) is 0 Å². The highest BCUT2D eigenvalue weighted by molar-refractivity contribution is 5.09. The number of halogens is 3. The Balaban J connectivity index is 1.86. The van der Waals surface area contributed by atoms with Gasteiger partial charge in [0.05, 0.1) is 5.56 Å². The molecule has 0 unspecified atom stereocenters. The van der Waals surface area contributed by atoms with E-state index in [1.807, 2.05) is 0 Å². The fraction of sp³-hybridized carbons (Fsp3) is 0.667. The van der Waals surface area contributed by atoms with Crippen LogP contribution in [-0.4, -0.2) is 23.1 Å². The molecule has 1 saturated heterocycles. The lowest BCUT2D eigenvalue weighted by atomic mass is 9.93. The second kappa shape index (κ2) is 5.65. The van der Waals surface area contributed by atoms with Crippen molar-refractivity contribution in [3.8, 4) is 0 Å². The number of hydrogen-bond donors (Lipinski definition) is 1. The van der Waals surface area contributed by atoms with Crippen LogP contribution in [0.1, 0.15) is 30.7 Å². The third kappa shape index (κ3) is 3.66. The topological polar surface area (TPSA) is 37.8 Å². The van der Waals surface area contributed by atoms with E-state index in [4.69, 9.17) is 0 Å². The standard InChI is InChI=1S/C12H16F3N3/c13-12(14,15)10-7-17-11(18-8-10)2-1-9-3-5-16-6-4-9/h7-9,16H,1-6H2. The van der Waals surface area contributed by atoms with Crippen molar-refractivity contribution in [1.82, 2.24) is 15.3 Å². The van der Waals surface area contributed by atoms with Gasteiger partial charge in [-0.25, -0.2) is 9.97 Å². The summed E-state index contributed by atoms with van der Waals surface area (Å²) in [5.41, 5.74) is -0.784. The number of hydrogen-bond acceptors (Lipinski definition) is 3. The Labute approximate surface area is 104 Å². The van der Waals surface area contributed by atoms with Crippen LogP contribution in [0, 0.1) is 5.92 Å². The van der Waals surface area contributed by atoms with Crippen LogP contribution in [0.2, 0.25) is 0 Å². The molecular formula is C12H16F3N3. The van der Waals surface area contributed by atoms with Gasteiger partial charge in [0.2, 0.25) is 0 Å². The predicted molar refractivity (Wildman–Crippen MR) is 60.9 cm³/mol. The fourth-order valence-corrected chi connectivity index (χ4v) is 2.13. The maximum atomic E-state index is 12.3. The molecule has 3 nitrogen and oxygen atoms in total. The highest BCUT2D eigenvalue weighted by Crippen LogP contribution is 2.27. The quantitative estimate of drug-likeness (QED) is 0.906. The monoisotopic (exact) mass is 259 g/mol. The summed E-state index contributed by atoms with van der Waals surface area (Å²) in [6.07, 6.45) is 1.24. The Morgan fingerprint density at radius 2 is 1.78 bits per heavy atom. The molecule has 0 spiro atoms. The molecule has 100 valence electrons. The summed E-state index contributed by atoms with van der Waals surface area (Å²) in [6, 6.07) is 0. The van der Waals surface area contributed by atoms with Crippen molar-refractivity contribution < 1.29 is 13.2 Å². The Bertz CT molecular complexity index is 369. The van der Waals surface area contributed by atoms with Gasteiger partial charge in [-0.2, -0.15) is 13.2 Å². The molecule has 18 heavy (non-hydrogen) atoms. The number of piperidine rings is 1. The van der Waals surface area contributed by atoms with Crippen molar-refractivity contribution >= 4 is 0 Å². The summed E-state index contributed by atoms with van der Waals surface area (Å²) in [5, 5.41) is 3.28. The molecule has 2 rings (SSSR count). The lowest BCUT2D eigenvalue weighted by Crippen LogP contribution is -2.28. The average molecular weight is 259 g/mol. The number of aromatic nitrogens is 2. The van der Waals surface area contributed by atoms with E-state index in [0.717, 1.165) is 44.7 Å². The average Bonchev–Trinajstić information content (AvgIpc) is 2.37. The van der Waals surface area contributed by atoms with Crippen LogP contribution in [-0.2, 0) is 12.6 Å². The highest BCUT2D eigenvalue weighted by Gasteiger charge is 2.31. The van der Waals surface area contributed by atoms with Crippen LogP contribution in [0.4, 0.5) is 13.2 Å². The first-order valence-electron chi connectivity index (χ1n) is 6.14. The zero-order valence-corrected chi connectivity index (χ0v) is 10.0. The van der Waals surface area contributed by atoms with Crippen molar-refractivity contribution in [1.29, 1.82) is 0 Å². The first-order chi connectivity index (χ1) is 8.55. The van der Waals surface area contributed by atoms with Crippen LogP contribution < -0.4 is 5.32 Å². The van der Waals surface area contributed by atoms with Crippen LogP contribution in [0.25, 0.3) is 0 Å². The van der Waals surface area contributed by atoms with Gasteiger partial charge in [-0.3, -0.25) is 0 Å². The van der Waals surface area contributed by atoms with Crippen molar-refractivity contribution in [3.05, 3.63) is 23.8 Å². The predicted octanol–water partition coefficient (Wildman–Crippen LogP) is 2.43. The first kappa shape index (κ1) is 13.3. The van der Waals surface area contributed by atoms with E-state index in [9.17, 15) is 13.2 Å². The molecule has 0 bridgehead atoms. The molecule has 0 saturated carbocycles. The maximum absolute atomic E-state index is 12.3. The van der Waals surface area contributed by atoms with E-state index in [-0.39, 0.29) is 0 Å². The van der Waals surface area contributed by atoms with E-state index in [1.165, 1.54) is 0 Å². The summed E-state index contributed by atoms with van der Waals surface area (Å²) in [4.78, 5) is 7.57. The van der Waals surface area contributed by atoms with Crippen molar-refractivity contribution in [2.75, 3.05) is 13.1 Å². The first-order valence-corrected chi connectivity index (χ1v) is 6.14. The minimum Gasteiger partial charge on any atom is -0.317 e. The molecule has 6 heteroatoms. The zero-order chi connectivity index (χ0) is 13.0. The number of alkyl halides is 3. The lowest BCUT2D eigenvalue weighted by Gasteiger charge is -2.22. The smallest absolute Gasteiger partial charge is 0.317 e. The molecule has 1 aliphatic heterocycles. The number of aryl methyl sites for hydroxylation is 1. The summed E-state index contributed by atoms with van der Waals surface area (Å²) in [5.74, 6) is 1.14. The third-order valence-corrected chi connectivity index (χ3v) is 3.27. The van der Waals surface area contributed by atoms with E-state index in [0.29, 0.717) is 18.2 Å². The fourth-order valence-electron chi connectivity index (χ4n) is 2.13. The molecule has 0 atom stereocenters. The second-order valence-electron chi connectivity index (χ2n) is 4.62. The molecular weight excluding hydrogens is 243 g/mol. The Morgan fingerprint density at radius 1 is 1.17 bits per heavy atom. The van der Waals surface area contributed by atoms with Crippen LogP contribution >= 0.6 is 0 Å². The molecule has 0 radical (unpaired) electrons. The van der Waals surface area contributed by atoms with Crippen LogP contribution in [0.15, 0.2) is 12.4 Å². The molecule has 1 aromatic heterocycles. The van der Waals surface area contributed by atoms with Crippen LogP contribution in [0.3, 0.4) is 0 Å². The van der Waals surface area contributed by atoms with E-state index in [1.54, 1.807) is 0 Å². The third-order valence-electron chi connectivity index (χ3n) is 3.27. The maximum Gasteiger partial charge on any atom is 0.419 e. The molecule has 2 heterocycles. The second-order valence-corrected chi connectivity index (χ2v) is 4.62. The molecule has 1 aliphatic rings. The number of nitrogens with zero attached hydrogens (tertiary/aromatic N) is 2. The molecule has 0 amide bonds. The summed E-state index contributed by atoms with van der Waals surface area (Å²) >= 11 is 0. The van der Waals surface area contributed by atoms with Gasteiger partial charge < -0.3 is 5.32 Å². The van der Waals surface area contributed by atoms with Gasteiger partial charge in [-0.05, 0) is 38.3 Å². The van der Waals surface area contributed by atoms with Gasteiger partial charge in [0.1, 0.15) is 5.82 Å². The summed E-state index contributed by atoms with van der Waals surface area (Å²) < 4.78 is 36.9. The van der Waals surface area contributed by atoms with Crippen molar-refractivity contribution in [3.63, 3.8) is 0 Å². The largest absolute Gasteiger partial charge is 0.419 e. The SMILES string of the molecule is FC(F)(F)c1cnc(CCC2CCNCC2)nc1. The van der Waals surface area contributed by atoms with Gasteiger partial charge in [0.15, 0.2) is 0 Å². The minimum absolute atomic E-state index is 0.501. The molecule has 1 fully saturated rings. The minimum atomic E-state index is -4.35. The zero-order valence-electron chi connectivity index (χ0n) is 10.0. The van der Waals surface area contributed by atoms with Gasteiger partial charge >= 0.3 is 6.18 Å². The molecule has 1 aromatic rings. The lowest BCUT2D eigenvalue weighted by molar-refractivity contribution is -0.138. The van der Waals surface area contributed by atoms with Crippen molar-refractivity contribution in [2.45, 2.75) is 31.9 Å². The number of rotatable bonds is 3. The molecule has 0 aromatic carbocycles. The summed E-state index contributed by atoms with van der Waals surface area (Å²) in [6.45, 7) is 2.05. The van der Waals surface area contributed by atoms with Gasteiger partial charge in [-0.1, -0.05) is 0 Å². The number of nitrogens with one attached hydrogen (secondary N) is 1. The normalized spacial score (nSPS) is 17.9. The van der Waals surface area contributed by atoms with E-state index < -0.39 is 11.7 Å². The van der Waals surface area contributed by atoms with Gasteiger partial charge in [0, 0.05) is 18.8 Å². The Hall–Kier alpha value is -1.17. The van der Waals surface area contributed by atoms with Gasteiger partial charge in [0.25, 0.3) is 0 Å². The highest BCUT2D eigenvalue weighted by atomic mass is 19.4. The van der Waals surface area contributed by atoms with E-state index >= 15 is 0 Å². The van der Waals surface area contributed by atoms with Crippen LogP contribution in [0.5, 0.6) is 0 Å². The van der Waals surface area contributed by atoms with Crippen molar-refractivity contribution in [2.24, 2.45) is 5.92 Å². The Morgan fingerprint density at radius 3 is 2.33 bits per heavy atom. The summed E-state index contributed by atoms with van der Waals surface area (Å²) in [7, 11) is 0. The Kier molecular flexibility index (Phi) is 4.16. The van der Waals surface area contributed by atoms with E-state index in [2.05, 4.69) is 15.3 Å². The molecule has 1 N–H and O–H groups in total. The molecule has 0 aliphatic carbocycles.